The van der Waals surface area contributed by atoms with E-state index in [1.54, 1.807) is 11.6 Å². The zero-order valence-corrected chi connectivity index (χ0v) is 17.9. The number of aromatic nitrogens is 2. The predicted octanol–water partition coefficient (Wildman–Crippen LogP) is 3.23. The Hall–Kier alpha value is -2.67. The number of nitrogens with one attached hydrogen (secondary N) is 1. The van der Waals surface area contributed by atoms with Crippen molar-refractivity contribution in [1.82, 2.24) is 14.9 Å². The van der Waals surface area contributed by atoms with Crippen molar-refractivity contribution >= 4 is 38.7 Å². The number of para-hydroxylation sites is 2. The molecule has 0 bridgehead atoms. The van der Waals surface area contributed by atoms with Gasteiger partial charge in [-0.3, -0.25) is 9.59 Å². The molecule has 0 radical (unpaired) electrons. The molecule has 1 aromatic heterocycles. The first-order chi connectivity index (χ1) is 14.0. The average molecular weight is 455 g/mol. The number of rotatable bonds is 4. The van der Waals surface area contributed by atoms with Gasteiger partial charge in [-0.05, 0) is 42.7 Å². The van der Waals surface area contributed by atoms with Gasteiger partial charge >= 0.3 is 0 Å². The van der Waals surface area contributed by atoms with Gasteiger partial charge in [0.1, 0.15) is 0 Å². The van der Waals surface area contributed by atoms with E-state index in [2.05, 4.69) is 26.2 Å². The van der Waals surface area contributed by atoms with Crippen LogP contribution in [0.1, 0.15) is 18.4 Å². The summed E-state index contributed by atoms with van der Waals surface area (Å²) >= 11 is 3.45. The van der Waals surface area contributed by atoms with Crippen LogP contribution >= 0.6 is 15.9 Å². The maximum absolute atomic E-state index is 12.9. The highest BCUT2D eigenvalue weighted by Crippen LogP contribution is 2.22. The highest BCUT2D eigenvalue weighted by Gasteiger charge is 2.28. The Morgan fingerprint density at radius 3 is 2.90 bits per heavy atom. The maximum Gasteiger partial charge on any atom is 0.293 e. The molecule has 1 atom stereocenters. The average Bonchev–Trinajstić information content (AvgIpc) is 2.75. The van der Waals surface area contributed by atoms with Crippen LogP contribution in [-0.2, 0) is 18.4 Å². The van der Waals surface area contributed by atoms with Crippen molar-refractivity contribution in [3.05, 3.63) is 68.9 Å². The number of piperidine rings is 1. The summed E-state index contributed by atoms with van der Waals surface area (Å²) in [7, 11) is 1.77. The number of aryl methyl sites for hydroxylation is 1. The monoisotopic (exact) mass is 454 g/mol. The number of halogens is 1. The Kier molecular flexibility index (Phi) is 5.67. The topological polar surface area (TPSA) is 67.2 Å². The lowest BCUT2D eigenvalue weighted by molar-refractivity contribution is -0.125. The molecular weight excluding hydrogens is 432 g/mol. The second-order valence-electron chi connectivity index (χ2n) is 7.42. The molecule has 1 N–H and O–H groups in total. The minimum absolute atomic E-state index is 0.0206. The smallest absolute Gasteiger partial charge is 0.293 e. The van der Waals surface area contributed by atoms with E-state index in [1.807, 2.05) is 53.4 Å². The van der Waals surface area contributed by atoms with E-state index >= 15 is 0 Å². The maximum atomic E-state index is 12.9. The molecule has 6 nitrogen and oxygen atoms in total. The molecular formula is C22H23BrN4O2. The Labute approximate surface area is 177 Å². The Bertz CT molecular complexity index is 1110. The molecule has 1 unspecified atom stereocenters. The van der Waals surface area contributed by atoms with E-state index in [0.29, 0.717) is 18.9 Å². The Balaban J connectivity index is 1.50. The van der Waals surface area contributed by atoms with Crippen LogP contribution in [0.3, 0.4) is 0 Å². The molecule has 1 amide bonds. The highest BCUT2D eigenvalue weighted by molar-refractivity contribution is 9.10. The van der Waals surface area contributed by atoms with Crippen LogP contribution in [0.25, 0.3) is 11.0 Å². The number of hydrogen-bond acceptors (Lipinski definition) is 4. The highest BCUT2D eigenvalue weighted by atomic mass is 79.9. The van der Waals surface area contributed by atoms with E-state index in [0.717, 1.165) is 40.5 Å². The van der Waals surface area contributed by atoms with Crippen LogP contribution < -0.4 is 15.8 Å². The van der Waals surface area contributed by atoms with Gasteiger partial charge in [0.05, 0.1) is 17.0 Å². The minimum atomic E-state index is -0.158. The number of hydrogen-bond donors (Lipinski definition) is 1. The third-order valence-electron chi connectivity index (χ3n) is 5.41. The third-order valence-corrected chi connectivity index (χ3v) is 5.91. The molecule has 1 saturated heterocycles. The van der Waals surface area contributed by atoms with E-state index in [4.69, 9.17) is 0 Å². The normalized spacial score (nSPS) is 16.8. The first-order valence-corrected chi connectivity index (χ1v) is 10.5. The number of carbonyl (C=O) groups is 1. The molecule has 2 heterocycles. The summed E-state index contributed by atoms with van der Waals surface area (Å²) in [5.41, 5.74) is 2.51. The van der Waals surface area contributed by atoms with Crippen LogP contribution in [0, 0.1) is 5.92 Å². The van der Waals surface area contributed by atoms with Crippen LogP contribution in [0.4, 0.5) is 5.82 Å². The molecule has 29 heavy (non-hydrogen) atoms. The van der Waals surface area contributed by atoms with Gasteiger partial charge in [0.15, 0.2) is 5.82 Å². The number of benzene rings is 2. The Morgan fingerprint density at radius 2 is 2.07 bits per heavy atom. The van der Waals surface area contributed by atoms with Gasteiger partial charge in [0.2, 0.25) is 5.91 Å². The molecule has 7 heteroatoms. The quantitative estimate of drug-likeness (QED) is 0.656. The lowest BCUT2D eigenvalue weighted by atomic mass is 9.97. The number of nitrogens with zero attached hydrogens (tertiary/aromatic N) is 3. The summed E-state index contributed by atoms with van der Waals surface area (Å²) in [6, 6.07) is 15.5. The molecule has 150 valence electrons. The van der Waals surface area contributed by atoms with Crippen molar-refractivity contribution in [3.63, 3.8) is 0 Å². The summed E-state index contributed by atoms with van der Waals surface area (Å²) in [6.45, 7) is 1.73. The molecule has 4 rings (SSSR count). The van der Waals surface area contributed by atoms with Gasteiger partial charge < -0.3 is 14.8 Å². The van der Waals surface area contributed by atoms with Gasteiger partial charge in [-0.1, -0.05) is 40.2 Å². The van der Waals surface area contributed by atoms with Crippen molar-refractivity contribution < 1.29 is 4.79 Å². The molecule has 1 aliphatic rings. The summed E-state index contributed by atoms with van der Waals surface area (Å²) in [4.78, 5) is 32.2. The SMILES string of the molecule is Cn1c(=O)c(N2CCCC(C(=O)NCc3cccc(Br)c3)C2)nc2ccccc21. The van der Waals surface area contributed by atoms with E-state index in [9.17, 15) is 9.59 Å². The van der Waals surface area contributed by atoms with E-state index in [-0.39, 0.29) is 17.4 Å². The lowest BCUT2D eigenvalue weighted by Gasteiger charge is -2.32. The third kappa shape index (κ3) is 4.19. The van der Waals surface area contributed by atoms with Crippen molar-refractivity contribution in [1.29, 1.82) is 0 Å². The summed E-state index contributed by atoms with van der Waals surface area (Å²) in [6.07, 6.45) is 1.67. The molecule has 1 aliphatic heterocycles. The second kappa shape index (κ2) is 8.37. The van der Waals surface area contributed by atoms with Crippen LogP contribution in [0.2, 0.25) is 0 Å². The molecule has 0 spiro atoms. The van der Waals surface area contributed by atoms with Crippen molar-refractivity contribution in [2.75, 3.05) is 18.0 Å². The fraction of sp³-hybridized carbons (Fsp3) is 0.318. The van der Waals surface area contributed by atoms with Crippen LogP contribution in [-0.4, -0.2) is 28.5 Å². The van der Waals surface area contributed by atoms with Gasteiger partial charge in [-0.25, -0.2) is 4.98 Å². The van der Waals surface area contributed by atoms with Gasteiger partial charge in [-0.15, -0.1) is 0 Å². The molecule has 0 aliphatic carbocycles. The van der Waals surface area contributed by atoms with Crippen molar-refractivity contribution in [2.45, 2.75) is 19.4 Å². The fourth-order valence-corrected chi connectivity index (χ4v) is 4.28. The fourth-order valence-electron chi connectivity index (χ4n) is 3.83. The summed E-state index contributed by atoms with van der Waals surface area (Å²) in [5.74, 6) is 0.289. The minimum Gasteiger partial charge on any atom is -0.352 e. The Morgan fingerprint density at radius 1 is 1.24 bits per heavy atom. The van der Waals surface area contributed by atoms with E-state index in [1.165, 1.54) is 0 Å². The zero-order chi connectivity index (χ0) is 20.4. The molecule has 2 aromatic carbocycles. The van der Waals surface area contributed by atoms with Crippen molar-refractivity contribution in [3.8, 4) is 0 Å². The van der Waals surface area contributed by atoms with Crippen LogP contribution in [0.5, 0.6) is 0 Å². The number of anilines is 1. The molecule has 3 aromatic rings. The van der Waals surface area contributed by atoms with Crippen LogP contribution in [0.15, 0.2) is 57.8 Å². The summed E-state index contributed by atoms with van der Waals surface area (Å²) < 4.78 is 2.63. The van der Waals surface area contributed by atoms with Gasteiger partial charge in [0.25, 0.3) is 5.56 Å². The standard InChI is InChI=1S/C22H23BrN4O2/c1-26-19-10-3-2-9-18(19)25-20(22(26)29)27-11-5-7-16(14-27)21(28)24-13-15-6-4-8-17(23)12-15/h2-4,6,8-10,12,16H,5,7,11,13-14H2,1H3,(H,24,28). The molecule has 1 fully saturated rings. The predicted molar refractivity (Wildman–Crippen MR) is 118 cm³/mol. The number of fused-ring (bicyclic) bond motifs is 1. The van der Waals surface area contributed by atoms with Crippen molar-refractivity contribution in [2.24, 2.45) is 13.0 Å². The molecule has 0 saturated carbocycles. The second-order valence-corrected chi connectivity index (χ2v) is 8.34. The van der Waals surface area contributed by atoms with E-state index < -0.39 is 0 Å². The lowest BCUT2D eigenvalue weighted by Crippen LogP contribution is -2.45. The first-order valence-electron chi connectivity index (χ1n) is 9.76. The first kappa shape index (κ1) is 19.6. The van der Waals surface area contributed by atoms with Gasteiger partial charge in [0, 0.05) is 31.2 Å². The largest absolute Gasteiger partial charge is 0.352 e. The van der Waals surface area contributed by atoms with Gasteiger partial charge in [-0.2, -0.15) is 0 Å². The number of carbonyl (C=O) groups excluding carboxylic acids is 1. The number of amides is 1. The zero-order valence-electron chi connectivity index (χ0n) is 16.3. The summed E-state index contributed by atoms with van der Waals surface area (Å²) in [5, 5.41) is 3.03.